The molecule has 10 aromatic rings. The summed E-state index contributed by atoms with van der Waals surface area (Å²) in [4.78, 5) is 10.6. The molecule has 0 spiro atoms. The number of benzene rings is 8. The fourth-order valence-electron chi connectivity index (χ4n) is 9.13. The highest BCUT2D eigenvalue weighted by atomic mass is 16.3. The van der Waals surface area contributed by atoms with Gasteiger partial charge in [0.15, 0.2) is 0 Å². The van der Waals surface area contributed by atoms with E-state index in [9.17, 15) is 0 Å². The van der Waals surface area contributed by atoms with Crippen molar-refractivity contribution >= 4 is 55.1 Å². The summed E-state index contributed by atoms with van der Waals surface area (Å²) in [5.74, 6) is 0.729. The zero-order valence-corrected chi connectivity index (χ0v) is 33.0. The second-order valence-electron chi connectivity index (χ2n) is 15.7. The molecule has 0 N–H and O–H groups in total. The number of allylic oxidation sites excluding steroid dienone is 2. The fourth-order valence-corrected chi connectivity index (χ4v) is 9.13. The van der Waals surface area contributed by atoms with Gasteiger partial charge in [0.05, 0.1) is 11.2 Å². The molecule has 8 aromatic carbocycles. The molecule has 1 atom stereocenters. The monoisotopic (exact) mass is 778 g/mol. The lowest BCUT2D eigenvalue weighted by Crippen LogP contribution is -2.19. The van der Waals surface area contributed by atoms with Crippen molar-refractivity contribution in [1.82, 2.24) is 4.98 Å². The van der Waals surface area contributed by atoms with Crippen LogP contribution in [0.4, 0.5) is 0 Å². The van der Waals surface area contributed by atoms with Crippen LogP contribution in [0.3, 0.4) is 0 Å². The Morgan fingerprint density at radius 3 is 1.87 bits per heavy atom. The number of para-hydroxylation sites is 2. The third-order valence-corrected chi connectivity index (χ3v) is 12.0. The molecule has 0 amide bonds. The maximum absolute atomic E-state index is 6.61. The molecule has 61 heavy (non-hydrogen) atoms. The number of rotatable bonds is 6. The van der Waals surface area contributed by atoms with Crippen molar-refractivity contribution in [3.05, 3.63) is 234 Å². The van der Waals surface area contributed by atoms with Gasteiger partial charge < -0.3 is 14.7 Å². The van der Waals surface area contributed by atoms with Gasteiger partial charge in [-0.1, -0.05) is 188 Å². The molecule has 0 bridgehead atoms. The van der Waals surface area contributed by atoms with E-state index in [1.54, 1.807) is 0 Å². The SMILES string of the molecule is C1=CC2=C(c3cccc(-c4ccccc4)c3)N=C(c3ccc(-c4cccc(-c5nc6ccccc6c6c(-c7ccccc7)c7c(cc56)oc5ccccc57)c4)cc3)[N-]C2C=C1. The van der Waals surface area contributed by atoms with E-state index in [-0.39, 0.29) is 6.04 Å². The minimum Gasteiger partial charge on any atom is -0.456 e. The molecule has 1 aliphatic carbocycles. The molecule has 1 unspecified atom stereocenters. The number of hydrogen-bond donors (Lipinski definition) is 0. The number of furan rings is 1. The minimum atomic E-state index is -0.100. The lowest BCUT2D eigenvalue weighted by atomic mass is 9.89. The average molecular weight is 779 g/mol. The van der Waals surface area contributed by atoms with Crippen LogP contribution >= 0.6 is 0 Å². The van der Waals surface area contributed by atoms with Crippen LogP contribution in [-0.4, -0.2) is 16.9 Å². The maximum Gasteiger partial charge on any atom is 0.136 e. The van der Waals surface area contributed by atoms with E-state index >= 15 is 0 Å². The Morgan fingerprint density at radius 1 is 0.443 bits per heavy atom. The second-order valence-corrected chi connectivity index (χ2v) is 15.7. The molecule has 2 aliphatic rings. The lowest BCUT2D eigenvalue weighted by Gasteiger charge is -2.36. The van der Waals surface area contributed by atoms with Crippen molar-refractivity contribution < 1.29 is 4.42 Å². The lowest BCUT2D eigenvalue weighted by molar-refractivity contribution is 0.669. The Bertz CT molecular complexity index is 3480. The number of aromatic nitrogens is 1. The number of hydrogen-bond acceptors (Lipinski definition) is 3. The van der Waals surface area contributed by atoms with Crippen LogP contribution in [0.5, 0.6) is 0 Å². The van der Waals surface area contributed by atoms with Gasteiger partial charge in [0.25, 0.3) is 0 Å². The van der Waals surface area contributed by atoms with Crippen LogP contribution < -0.4 is 0 Å². The summed E-state index contributed by atoms with van der Waals surface area (Å²) < 4.78 is 6.61. The summed E-state index contributed by atoms with van der Waals surface area (Å²) >= 11 is 0. The Morgan fingerprint density at radius 2 is 1.07 bits per heavy atom. The number of amidine groups is 1. The van der Waals surface area contributed by atoms with Gasteiger partial charge in [-0.05, 0) is 80.5 Å². The molecular formula is C57H36N3O-. The molecule has 0 fully saturated rings. The summed E-state index contributed by atoms with van der Waals surface area (Å²) in [7, 11) is 0. The normalized spacial score (nSPS) is 14.8. The predicted octanol–water partition coefficient (Wildman–Crippen LogP) is 15.0. The summed E-state index contributed by atoms with van der Waals surface area (Å²) in [6.45, 7) is 0. The van der Waals surface area contributed by atoms with Gasteiger partial charge >= 0.3 is 0 Å². The van der Waals surface area contributed by atoms with Gasteiger partial charge in [-0.2, -0.15) is 0 Å². The van der Waals surface area contributed by atoms with Crippen LogP contribution in [0.1, 0.15) is 11.1 Å². The van der Waals surface area contributed by atoms with Crippen molar-refractivity contribution in [2.45, 2.75) is 6.04 Å². The fraction of sp³-hybridized carbons (Fsp3) is 0.0175. The first-order valence-corrected chi connectivity index (χ1v) is 20.7. The molecule has 0 radical (unpaired) electrons. The Labute approximate surface area is 353 Å². The van der Waals surface area contributed by atoms with E-state index in [1.165, 1.54) is 10.9 Å². The van der Waals surface area contributed by atoms with E-state index in [0.29, 0.717) is 0 Å². The largest absolute Gasteiger partial charge is 0.456 e. The van der Waals surface area contributed by atoms with E-state index in [1.807, 2.05) is 12.1 Å². The highest BCUT2D eigenvalue weighted by molar-refractivity contribution is 6.27. The first kappa shape index (κ1) is 34.9. The Balaban J connectivity index is 0.962. The van der Waals surface area contributed by atoms with Gasteiger partial charge in [-0.25, -0.2) is 4.98 Å². The van der Waals surface area contributed by atoms with Gasteiger partial charge in [-0.3, -0.25) is 0 Å². The Hall–Kier alpha value is -8.08. The molecule has 4 heteroatoms. The molecule has 3 heterocycles. The van der Waals surface area contributed by atoms with Crippen LogP contribution in [0, 0.1) is 0 Å². The Kier molecular flexibility index (Phi) is 8.20. The molecule has 2 aromatic heterocycles. The highest BCUT2D eigenvalue weighted by Gasteiger charge is 2.22. The van der Waals surface area contributed by atoms with Gasteiger partial charge in [0, 0.05) is 44.1 Å². The number of aliphatic imine (C=N–C) groups is 1. The number of nitrogens with zero attached hydrogens (tertiary/aromatic N) is 3. The molecule has 0 saturated carbocycles. The van der Waals surface area contributed by atoms with Crippen molar-refractivity contribution in [3.8, 4) is 44.6 Å². The topological polar surface area (TPSA) is 52.5 Å². The molecule has 1 aliphatic heterocycles. The van der Waals surface area contributed by atoms with Crippen molar-refractivity contribution in [3.63, 3.8) is 0 Å². The molecule has 4 nitrogen and oxygen atoms in total. The average Bonchev–Trinajstić information content (AvgIpc) is 3.71. The zero-order chi connectivity index (χ0) is 40.3. The first-order valence-electron chi connectivity index (χ1n) is 20.7. The van der Waals surface area contributed by atoms with Crippen molar-refractivity contribution in [1.29, 1.82) is 0 Å². The van der Waals surface area contributed by atoms with Crippen molar-refractivity contribution in [2.75, 3.05) is 0 Å². The molecular weight excluding hydrogens is 743 g/mol. The molecule has 12 rings (SSSR count). The van der Waals surface area contributed by atoms with Crippen LogP contribution in [0.2, 0.25) is 0 Å². The van der Waals surface area contributed by atoms with Gasteiger partial charge in [-0.15, -0.1) is 0 Å². The summed E-state index contributed by atoms with van der Waals surface area (Å²) in [5.41, 5.74) is 15.6. The number of fused-ring (bicyclic) bond motifs is 7. The van der Waals surface area contributed by atoms with Crippen molar-refractivity contribution in [2.24, 2.45) is 4.99 Å². The smallest absolute Gasteiger partial charge is 0.136 e. The third kappa shape index (κ3) is 5.99. The maximum atomic E-state index is 6.61. The highest BCUT2D eigenvalue weighted by Crippen LogP contribution is 2.46. The zero-order valence-electron chi connectivity index (χ0n) is 33.0. The van der Waals surface area contributed by atoms with E-state index in [2.05, 4.69) is 200 Å². The second kappa shape index (κ2) is 14.3. The van der Waals surface area contributed by atoms with E-state index in [0.717, 1.165) is 106 Å². The van der Waals surface area contributed by atoms with E-state index in [4.69, 9.17) is 19.7 Å². The third-order valence-electron chi connectivity index (χ3n) is 12.0. The van der Waals surface area contributed by atoms with Gasteiger partial charge in [0.2, 0.25) is 0 Å². The van der Waals surface area contributed by atoms with Crippen LogP contribution in [0.25, 0.3) is 99.3 Å². The van der Waals surface area contributed by atoms with Crippen LogP contribution in [0.15, 0.2) is 227 Å². The summed E-state index contributed by atoms with van der Waals surface area (Å²) in [6.07, 6.45) is 8.44. The van der Waals surface area contributed by atoms with E-state index < -0.39 is 0 Å². The minimum absolute atomic E-state index is 0.100. The standard InChI is InChI=1S/C57H36N3O/c1-3-15-36(16-4-1)40-19-13-21-42(33-40)55-45-24-8-11-27-49(45)59-57(60-55)39-31-29-37(30-32-39)41-20-14-22-43(34-41)56-47-35-51-54(46-25-9-12-28-50(46)61-51)52(38-17-5-2-6-18-38)53(47)44-23-7-10-26-48(44)58-56/h1-35,49H/q-1. The van der Waals surface area contributed by atoms with Gasteiger partial charge in [0.1, 0.15) is 11.2 Å². The predicted molar refractivity (Wildman–Crippen MR) is 254 cm³/mol. The molecule has 0 saturated heterocycles. The number of pyridine rings is 1. The first-order chi connectivity index (χ1) is 30.2. The summed E-state index contributed by atoms with van der Waals surface area (Å²) in [5, 5.41) is 10.7. The quantitative estimate of drug-likeness (QED) is 0.158. The molecule has 286 valence electrons. The van der Waals surface area contributed by atoms with Crippen LogP contribution in [-0.2, 0) is 0 Å². The summed E-state index contributed by atoms with van der Waals surface area (Å²) in [6, 6.07) is 66.1.